The molecular formula is C16H12BrF5O2. The Hall–Kier alpha value is -1.67. The number of ether oxygens (including phenoxy) is 1. The number of methoxy groups -OCH3 is 1. The zero-order valence-corrected chi connectivity index (χ0v) is 13.8. The van der Waals surface area contributed by atoms with Gasteiger partial charge in [-0.2, -0.15) is 22.0 Å². The molecule has 1 atom stereocenters. The molecule has 2 aromatic carbocycles. The van der Waals surface area contributed by atoms with Gasteiger partial charge in [-0.25, -0.2) is 0 Å². The molecule has 1 N–H and O–H groups in total. The molecular weight excluding hydrogens is 399 g/mol. The van der Waals surface area contributed by atoms with Crippen molar-refractivity contribution in [3.05, 3.63) is 64.1 Å². The van der Waals surface area contributed by atoms with Crippen molar-refractivity contribution in [3.63, 3.8) is 0 Å². The first-order chi connectivity index (χ1) is 11.1. The molecule has 8 heteroatoms. The van der Waals surface area contributed by atoms with Crippen LogP contribution in [0, 0.1) is 0 Å². The molecule has 0 saturated carbocycles. The lowest BCUT2D eigenvalue weighted by molar-refractivity contribution is -0.336. The number of halogens is 6. The SMILES string of the molecule is COc1cccc(C(O)(c2ccccc2Br)C(F)(F)C(F)(F)F)c1. The van der Waals surface area contributed by atoms with Crippen LogP contribution >= 0.6 is 15.9 Å². The largest absolute Gasteiger partial charge is 0.497 e. The predicted octanol–water partition coefficient (Wildman–Crippen LogP) is 4.89. The van der Waals surface area contributed by atoms with Crippen LogP contribution in [0.3, 0.4) is 0 Å². The zero-order valence-electron chi connectivity index (χ0n) is 12.2. The van der Waals surface area contributed by atoms with E-state index in [1.165, 1.54) is 37.4 Å². The molecule has 0 aliphatic rings. The minimum atomic E-state index is -5.97. The molecule has 130 valence electrons. The summed E-state index contributed by atoms with van der Waals surface area (Å²) in [5.74, 6) is -5.41. The van der Waals surface area contributed by atoms with Gasteiger partial charge in [0.1, 0.15) is 5.75 Å². The van der Waals surface area contributed by atoms with Crippen molar-refractivity contribution in [2.45, 2.75) is 17.7 Å². The second kappa shape index (κ2) is 6.33. The quantitative estimate of drug-likeness (QED) is 0.727. The van der Waals surface area contributed by atoms with E-state index in [1.807, 2.05) is 0 Å². The van der Waals surface area contributed by atoms with E-state index in [-0.39, 0.29) is 10.2 Å². The molecule has 0 saturated heterocycles. The lowest BCUT2D eigenvalue weighted by Gasteiger charge is -2.38. The Morgan fingerprint density at radius 2 is 1.58 bits per heavy atom. The third-order valence-electron chi connectivity index (χ3n) is 3.56. The maximum atomic E-state index is 14.3. The van der Waals surface area contributed by atoms with Gasteiger partial charge in [0.05, 0.1) is 7.11 Å². The highest BCUT2D eigenvalue weighted by molar-refractivity contribution is 9.10. The molecule has 0 heterocycles. The highest BCUT2D eigenvalue weighted by Crippen LogP contribution is 2.53. The fourth-order valence-corrected chi connectivity index (χ4v) is 2.89. The van der Waals surface area contributed by atoms with E-state index in [4.69, 9.17) is 4.74 Å². The third kappa shape index (κ3) is 2.88. The van der Waals surface area contributed by atoms with Gasteiger partial charge in [0.15, 0.2) is 5.60 Å². The van der Waals surface area contributed by atoms with Crippen LogP contribution in [0.2, 0.25) is 0 Å². The Bertz CT molecular complexity index is 732. The molecule has 2 aromatic rings. The number of aliphatic hydroxyl groups is 1. The standard InChI is InChI=1S/C16H12BrF5O2/c1-24-11-6-4-5-10(9-11)14(23,15(18,19)16(20,21)22)12-7-2-3-8-13(12)17/h2-9,23H,1H3. The van der Waals surface area contributed by atoms with Gasteiger partial charge in [-0.3, -0.25) is 0 Å². The molecule has 0 aliphatic carbocycles. The van der Waals surface area contributed by atoms with E-state index in [9.17, 15) is 27.1 Å². The summed E-state index contributed by atoms with van der Waals surface area (Å²) in [6, 6.07) is 9.50. The van der Waals surface area contributed by atoms with E-state index in [2.05, 4.69) is 15.9 Å². The molecule has 0 bridgehead atoms. The highest BCUT2D eigenvalue weighted by Gasteiger charge is 2.71. The van der Waals surface area contributed by atoms with Crippen LogP contribution in [0.4, 0.5) is 22.0 Å². The first kappa shape index (κ1) is 18.7. The first-order valence-electron chi connectivity index (χ1n) is 6.62. The Kier molecular flexibility index (Phi) is 4.92. The van der Waals surface area contributed by atoms with Gasteiger partial charge in [-0.15, -0.1) is 0 Å². The summed E-state index contributed by atoms with van der Waals surface area (Å²) in [5.41, 5.74) is -4.89. The van der Waals surface area contributed by atoms with Gasteiger partial charge >= 0.3 is 12.1 Å². The van der Waals surface area contributed by atoms with Gasteiger partial charge in [0, 0.05) is 10.0 Å². The van der Waals surface area contributed by atoms with Crippen molar-refractivity contribution in [1.82, 2.24) is 0 Å². The van der Waals surface area contributed by atoms with Gasteiger partial charge in [-0.1, -0.05) is 46.3 Å². The number of hydrogen-bond donors (Lipinski definition) is 1. The van der Waals surface area contributed by atoms with Crippen molar-refractivity contribution in [3.8, 4) is 5.75 Å². The minimum absolute atomic E-state index is 0.0379. The molecule has 0 amide bonds. The van der Waals surface area contributed by atoms with Crippen LogP contribution in [-0.2, 0) is 5.60 Å². The Labute approximate surface area is 143 Å². The monoisotopic (exact) mass is 410 g/mol. The second-order valence-corrected chi connectivity index (χ2v) is 5.85. The summed E-state index contributed by atoms with van der Waals surface area (Å²) >= 11 is 2.93. The second-order valence-electron chi connectivity index (χ2n) is 4.99. The first-order valence-corrected chi connectivity index (χ1v) is 7.41. The average Bonchev–Trinajstić information content (AvgIpc) is 2.53. The molecule has 0 spiro atoms. The molecule has 0 radical (unpaired) electrons. The molecule has 0 fully saturated rings. The molecule has 0 aliphatic heterocycles. The number of alkyl halides is 5. The van der Waals surface area contributed by atoms with E-state index in [0.29, 0.717) is 0 Å². The normalized spacial score (nSPS) is 15.0. The fraction of sp³-hybridized carbons (Fsp3) is 0.250. The predicted molar refractivity (Wildman–Crippen MR) is 81.1 cm³/mol. The minimum Gasteiger partial charge on any atom is -0.497 e. The number of benzene rings is 2. The summed E-state index contributed by atoms with van der Waals surface area (Å²) < 4.78 is 72.6. The van der Waals surface area contributed by atoms with Crippen molar-refractivity contribution in [2.24, 2.45) is 0 Å². The molecule has 2 rings (SSSR count). The van der Waals surface area contributed by atoms with Crippen LogP contribution in [-0.4, -0.2) is 24.3 Å². The lowest BCUT2D eigenvalue weighted by Crippen LogP contribution is -2.55. The summed E-state index contributed by atoms with van der Waals surface area (Å²) in [4.78, 5) is 0. The molecule has 1 unspecified atom stereocenters. The summed E-state index contributed by atoms with van der Waals surface area (Å²) in [6.07, 6.45) is -5.97. The van der Waals surface area contributed by atoms with E-state index in [0.717, 1.165) is 18.2 Å². The van der Waals surface area contributed by atoms with E-state index in [1.54, 1.807) is 0 Å². The average molecular weight is 411 g/mol. The van der Waals surface area contributed by atoms with Crippen molar-refractivity contribution in [1.29, 1.82) is 0 Å². The summed E-state index contributed by atoms with van der Waals surface area (Å²) in [5, 5.41) is 10.7. The van der Waals surface area contributed by atoms with Crippen LogP contribution < -0.4 is 4.74 Å². The van der Waals surface area contributed by atoms with Crippen LogP contribution in [0.15, 0.2) is 53.0 Å². The van der Waals surface area contributed by atoms with Crippen molar-refractivity contribution >= 4 is 15.9 Å². The van der Waals surface area contributed by atoms with Crippen LogP contribution in [0.25, 0.3) is 0 Å². The topological polar surface area (TPSA) is 29.5 Å². The lowest BCUT2D eigenvalue weighted by atomic mass is 9.80. The zero-order chi connectivity index (χ0) is 18.2. The Morgan fingerprint density at radius 1 is 0.958 bits per heavy atom. The molecule has 0 aromatic heterocycles. The molecule has 24 heavy (non-hydrogen) atoms. The van der Waals surface area contributed by atoms with Crippen molar-refractivity contribution in [2.75, 3.05) is 7.11 Å². The smallest absolute Gasteiger partial charge is 0.457 e. The van der Waals surface area contributed by atoms with Crippen molar-refractivity contribution < 1.29 is 31.8 Å². The van der Waals surface area contributed by atoms with E-state index < -0.39 is 28.8 Å². The number of rotatable bonds is 4. The van der Waals surface area contributed by atoms with Gasteiger partial charge in [-0.05, 0) is 23.8 Å². The van der Waals surface area contributed by atoms with Crippen LogP contribution in [0.1, 0.15) is 11.1 Å². The fourth-order valence-electron chi connectivity index (χ4n) is 2.31. The van der Waals surface area contributed by atoms with Crippen LogP contribution in [0.5, 0.6) is 5.75 Å². The Balaban J connectivity index is 2.82. The molecule has 2 nitrogen and oxygen atoms in total. The summed E-state index contributed by atoms with van der Waals surface area (Å²) in [6.45, 7) is 0. The van der Waals surface area contributed by atoms with Gasteiger partial charge in [0.25, 0.3) is 0 Å². The maximum absolute atomic E-state index is 14.3. The van der Waals surface area contributed by atoms with Gasteiger partial charge < -0.3 is 9.84 Å². The Morgan fingerprint density at radius 3 is 2.12 bits per heavy atom. The highest BCUT2D eigenvalue weighted by atomic mass is 79.9. The third-order valence-corrected chi connectivity index (χ3v) is 4.25. The summed E-state index contributed by atoms with van der Waals surface area (Å²) in [7, 11) is 1.23. The van der Waals surface area contributed by atoms with Gasteiger partial charge in [0.2, 0.25) is 0 Å². The maximum Gasteiger partial charge on any atom is 0.457 e. The number of hydrogen-bond acceptors (Lipinski definition) is 2. The van der Waals surface area contributed by atoms with E-state index >= 15 is 0 Å².